The molecule has 0 atom stereocenters. The highest BCUT2D eigenvalue weighted by Crippen LogP contribution is 2.34. The summed E-state index contributed by atoms with van der Waals surface area (Å²) in [6.07, 6.45) is 0.865. The highest BCUT2D eigenvalue weighted by Gasteiger charge is 2.23. The van der Waals surface area contributed by atoms with E-state index in [1.165, 1.54) is 0 Å². The number of rotatable bonds is 6. The lowest BCUT2D eigenvalue weighted by Crippen LogP contribution is -2.34. The van der Waals surface area contributed by atoms with Gasteiger partial charge in [-0.25, -0.2) is 0 Å². The second-order valence-corrected chi connectivity index (χ2v) is 5.39. The van der Waals surface area contributed by atoms with Crippen LogP contribution in [0.3, 0.4) is 0 Å². The molecule has 0 aliphatic heterocycles. The van der Waals surface area contributed by atoms with Gasteiger partial charge < -0.3 is 14.8 Å². The second kappa shape index (κ2) is 6.21. The maximum atomic E-state index is 10.3. The van der Waals surface area contributed by atoms with Gasteiger partial charge in [0.1, 0.15) is 12.0 Å². The van der Waals surface area contributed by atoms with E-state index in [2.05, 4.69) is 19.2 Å². The topological polar surface area (TPSA) is 38.3 Å². The van der Waals surface area contributed by atoms with E-state index in [9.17, 15) is 4.79 Å². The Bertz CT molecular complexity index is 430. The van der Waals surface area contributed by atoms with Crippen LogP contribution in [0.4, 0.5) is 0 Å². The molecular weight excluding hydrogens is 250 g/mol. The number of carbonyl (C=O) groups is 1. The van der Waals surface area contributed by atoms with E-state index in [1.807, 2.05) is 19.1 Å². The van der Waals surface area contributed by atoms with Crippen LogP contribution in [-0.2, 0) is 10.2 Å². The monoisotopic (exact) mass is 269 g/mol. The summed E-state index contributed by atoms with van der Waals surface area (Å²) in [6, 6.07) is 3.89. The number of hydrogen-bond acceptors (Lipinski definition) is 3. The normalized spacial score (nSPS) is 11.4. The SMILES string of the molecule is COc1cc(C)c(C(C)(C)CNCC=O)cc1Cl. The number of halogens is 1. The van der Waals surface area contributed by atoms with Crippen molar-refractivity contribution in [2.24, 2.45) is 0 Å². The van der Waals surface area contributed by atoms with E-state index in [-0.39, 0.29) is 5.41 Å². The molecule has 18 heavy (non-hydrogen) atoms. The predicted octanol–water partition coefficient (Wildman–Crippen LogP) is 2.72. The summed E-state index contributed by atoms with van der Waals surface area (Å²) >= 11 is 6.17. The van der Waals surface area contributed by atoms with Gasteiger partial charge >= 0.3 is 0 Å². The zero-order chi connectivity index (χ0) is 13.8. The van der Waals surface area contributed by atoms with Crippen molar-refractivity contribution < 1.29 is 9.53 Å². The van der Waals surface area contributed by atoms with Gasteiger partial charge in [0, 0.05) is 12.0 Å². The van der Waals surface area contributed by atoms with Crippen LogP contribution in [0.15, 0.2) is 12.1 Å². The van der Waals surface area contributed by atoms with Crippen LogP contribution in [0.2, 0.25) is 5.02 Å². The maximum Gasteiger partial charge on any atom is 0.137 e. The maximum absolute atomic E-state index is 10.3. The molecule has 100 valence electrons. The molecule has 0 unspecified atom stereocenters. The summed E-state index contributed by atoms with van der Waals surface area (Å²) in [5.41, 5.74) is 2.20. The van der Waals surface area contributed by atoms with Gasteiger partial charge in [-0.05, 0) is 30.2 Å². The van der Waals surface area contributed by atoms with Crippen LogP contribution in [0.1, 0.15) is 25.0 Å². The lowest BCUT2D eigenvalue weighted by atomic mass is 9.82. The van der Waals surface area contributed by atoms with Gasteiger partial charge in [-0.3, -0.25) is 0 Å². The smallest absolute Gasteiger partial charge is 0.137 e. The molecule has 0 amide bonds. The molecule has 0 aliphatic rings. The fraction of sp³-hybridized carbons (Fsp3) is 0.500. The van der Waals surface area contributed by atoms with Crippen molar-refractivity contribution in [1.29, 1.82) is 0 Å². The number of nitrogens with one attached hydrogen (secondary N) is 1. The summed E-state index contributed by atoms with van der Waals surface area (Å²) in [6.45, 7) is 7.36. The third kappa shape index (κ3) is 3.47. The molecule has 0 radical (unpaired) electrons. The molecule has 3 nitrogen and oxygen atoms in total. The Hall–Kier alpha value is -1.06. The molecule has 0 saturated carbocycles. The standard InChI is InChI=1S/C14H20ClNO2/c1-10-7-13(18-4)12(15)8-11(10)14(2,3)9-16-5-6-17/h6-8,16H,5,9H2,1-4H3. The zero-order valence-corrected chi connectivity index (χ0v) is 12.1. The number of carbonyl (C=O) groups excluding carboxylic acids is 1. The lowest BCUT2D eigenvalue weighted by Gasteiger charge is -2.28. The van der Waals surface area contributed by atoms with Crippen molar-refractivity contribution in [1.82, 2.24) is 5.32 Å². The van der Waals surface area contributed by atoms with Crippen molar-refractivity contribution >= 4 is 17.9 Å². The largest absolute Gasteiger partial charge is 0.495 e. The highest BCUT2D eigenvalue weighted by atomic mass is 35.5. The quantitative estimate of drug-likeness (QED) is 0.637. The lowest BCUT2D eigenvalue weighted by molar-refractivity contribution is -0.107. The summed E-state index contributed by atoms with van der Waals surface area (Å²) in [7, 11) is 1.61. The second-order valence-electron chi connectivity index (χ2n) is 4.98. The van der Waals surface area contributed by atoms with Gasteiger partial charge in [-0.15, -0.1) is 0 Å². The van der Waals surface area contributed by atoms with Crippen LogP contribution in [0.5, 0.6) is 5.75 Å². The first-order valence-corrected chi connectivity index (χ1v) is 6.29. The number of hydrogen-bond donors (Lipinski definition) is 1. The average molecular weight is 270 g/mol. The van der Waals surface area contributed by atoms with Gasteiger partial charge in [0.25, 0.3) is 0 Å². The Morgan fingerprint density at radius 1 is 1.44 bits per heavy atom. The fourth-order valence-corrected chi connectivity index (χ4v) is 2.32. The first kappa shape index (κ1) is 15.0. The molecular formula is C14H20ClNO2. The molecule has 0 aromatic heterocycles. The Morgan fingerprint density at radius 3 is 2.67 bits per heavy atom. The van der Waals surface area contributed by atoms with Crippen molar-refractivity contribution in [2.45, 2.75) is 26.2 Å². The van der Waals surface area contributed by atoms with Gasteiger partial charge in [0.05, 0.1) is 18.7 Å². The van der Waals surface area contributed by atoms with Crippen LogP contribution < -0.4 is 10.1 Å². The molecule has 0 fully saturated rings. The highest BCUT2D eigenvalue weighted by molar-refractivity contribution is 6.32. The van der Waals surface area contributed by atoms with Crippen LogP contribution in [-0.4, -0.2) is 26.5 Å². The molecule has 0 bridgehead atoms. The van der Waals surface area contributed by atoms with E-state index in [0.717, 1.165) is 24.0 Å². The first-order chi connectivity index (χ1) is 8.42. The molecule has 1 aromatic carbocycles. The number of methoxy groups -OCH3 is 1. The molecule has 0 heterocycles. The van der Waals surface area contributed by atoms with Crippen molar-refractivity contribution in [3.63, 3.8) is 0 Å². The summed E-state index contributed by atoms with van der Waals surface area (Å²) < 4.78 is 5.20. The van der Waals surface area contributed by atoms with E-state index >= 15 is 0 Å². The van der Waals surface area contributed by atoms with Gasteiger partial charge in [-0.1, -0.05) is 25.4 Å². The van der Waals surface area contributed by atoms with E-state index < -0.39 is 0 Å². The third-order valence-electron chi connectivity index (χ3n) is 3.02. The first-order valence-electron chi connectivity index (χ1n) is 5.91. The predicted molar refractivity (Wildman–Crippen MR) is 74.7 cm³/mol. The molecule has 4 heteroatoms. The summed E-state index contributed by atoms with van der Waals surface area (Å²) in [5.74, 6) is 0.689. The van der Waals surface area contributed by atoms with Crippen LogP contribution >= 0.6 is 11.6 Å². The fourth-order valence-electron chi connectivity index (χ4n) is 2.08. The van der Waals surface area contributed by atoms with Crippen molar-refractivity contribution in [3.8, 4) is 5.75 Å². The Morgan fingerprint density at radius 2 is 2.11 bits per heavy atom. The summed E-state index contributed by atoms with van der Waals surface area (Å²) in [5, 5.41) is 3.72. The molecule has 0 saturated heterocycles. The van der Waals surface area contributed by atoms with E-state index in [1.54, 1.807) is 7.11 Å². The van der Waals surface area contributed by atoms with Crippen molar-refractivity contribution in [3.05, 3.63) is 28.3 Å². The van der Waals surface area contributed by atoms with Crippen LogP contribution in [0, 0.1) is 6.92 Å². The zero-order valence-electron chi connectivity index (χ0n) is 11.3. The van der Waals surface area contributed by atoms with E-state index in [4.69, 9.17) is 16.3 Å². The third-order valence-corrected chi connectivity index (χ3v) is 3.32. The minimum atomic E-state index is -0.0942. The summed E-state index contributed by atoms with van der Waals surface area (Å²) in [4.78, 5) is 10.3. The molecule has 1 N–H and O–H groups in total. The van der Waals surface area contributed by atoms with Gasteiger partial charge in [0.2, 0.25) is 0 Å². The van der Waals surface area contributed by atoms with Gasteiger partial charge in [-0.2, -0.15) is 0 Å². The minimum absolute atomic E-state index is 0.0942. The number of aldehydes is 1. The van der Waals surface area contributed by atoms with E-state index in [0.29, 0.717) is 17.3 Å². The molecule has 1 aromatic rings. The van der Waals surface area contributed by atoms with Crippen molar-refractivity contribution in [2.75, 3.05) is 20.2 Å². The number of aryl methyl sites for hydroxylation is 1. The molecule has 1 rings (SSSR count). The molecule has 0 spiro atoms. The Kier molecular flexibility index (Phi) is 5.17. The Balaban J connectivity index is 3.00. The number of benzene rings is 1. The van der Waals surface area contributed by atoms with Crippen LogP contribution in [0.25, 0.3) is 0 Å². The van der Waals surface area contributed by atoms with Gasteiger partial charge in [0.15, 0.2) is 0 Å². The minimum Gasteiger partial charge on any atom is -0.495 e. The Labute approximate surface area is 113 Å². The average Bonchev–Trinajstić information content (AvgIpc) is 2.31. The molecule has 0 aliphatic carbocycles. The number of ether oxygens (including phenoxy) is 1.